The summed E-state index contributed by atoms with van der Waals surface area (Å²) >= 11 is 5.87. The van der Waals surface area contributed by atoms with Crippen molar-refractivity contribution >= 4 is 23.2 Å². The molecular weight excluding hydrogens is 274 g/mol. The van der Waals surface area contributed by atoms with Crippen LogP contribution in [0.1, 0.15) is 24.5 Å². The number of nitrogens with zero attached hydrogens (tertiary/aromatic N) is 2. The number of anilines is 2. The molecule has 0 amide bonds. The van der Waals surface area contributed by atoms with Crippen LogP contribution in [-0.4, -0.2) is 9.97 Å². The molecule has 1 aromatic heterocycles. The third kappa shape index (κ3) is 3.59. The normalized spacial score (nSPS) is 10.3. The Morgan fingerprint density at radius 3 is 2.50 bits per heavy atom. The third-order valence-corrected chi connectivity index (χ3v) is 3.21. The monoisotopic (exact) mass is 291 g/mol. The topological polar surface area (TPSA) is 75.9 Å². The van der Waals surface area contributed by atoms with Gasteiger partial charge in [0.15, 0.2) is 0 Å². The van der Waals surface area contributed by atoms with Gasteiger partial charge in [0.05, 0.1) is 0 Å². The molecule has 4 N–H and O–H groups in total. The summed E-state index contributed by atoms with van der Waals surface area (Å²) in [6, 6.07) is 7.72. The number of benzene rings is 1. The molecular formula is C14H18ClN5. The van der Waals surface area contributed by atoms with E-state index in [1.165, 1.54) is 6.33 Å². The molecule has 0 saturated heterocycles. The highest BCUT2D eigenvalue weighted by Crippen LogP contribution is 2.21. The summed E-state index contributed by atoms with van der Waals surface area (Å²) in [4.78, 5) is 8.43. The first-order chi connectivity index (χ1) is 9.74. The Morgan fingerprint density at radius 2 is 1.85 bits per heavy atom. The number of rotatable bonds is 6. The van der Waals surface area contributed by atoms with E-state index >= 15 is 0 Å². The first-order valence-electron chi connectivity index (χ1n) is 6.53. The standard InChI is InChI=1S/C14H18ClN5/c1-2-3-12-13(18-9-19-14(12)20-16)17-8-10-4-6-11(15)7-5-10/h4-7,9H,2-3,8,16H2,1H3,(H2,17,18,19,20). The van der Waals surface area contributed by atoms with E-state index in [9.17, 15) is 0 Å². The van der Waals surface area contributed by atoms with Crippen LogP contribution < -0.4 is 16.6 Å². The molecule has 0 aliphatic carbocycles. The van der Waals surface area contributed by atoms with E-state index in [4.69, 9.17) is 17.4 Å². The van der Waals surface area contributed by atoms with Gasteiger partial charge >= 0.3 is 0 Å². The van der Waals surface area contributed by atoms with Gasteiger partial charge in [-0.2, -0.15) is 0 Å². The van der Waals surface area contributed by atoms with Crippen molar-refractivity contribution in [2.24, 2.45) is 5.84 Å². The molecule has 106 valence electrons. The van der Waals surface area contributed by atoms with E-state index in [0.29, 0.717) is 12.4 Å². The third-order valence-electron chi connectivity index (χ3n) is 2.96. The minimum atomic E-state index is 0.667. The molecule has 1 aromatic carbocycles. The fourth-order valence-corrected chi connectivity index (χ4v) is 2.09. The van der Waals surface area contributed by atoms with Gasteiger partial charge in [0, 0.05) is 17.1 Å². The second-order valence-electron chi connectivity index (χ2n) is 4.42. The summed E-state index contributed by atoms with van der Waals surface area (Å²) < 4.78 is 0. The second kappa shape index (κ2) is 7.07. The average molecular weight is 292 g/mol. The Kier molecular flexibility index (Phi) is 5.15. The first-order valence-corrected chi connectivity index (χ1v) is 6.91. The quantitative estimate of drug-likeness (QED) is 0.563. The summed E-state index contributed by atoms with van der Waals surface area (Å²) in [6.45, 7) is 2.78. The minimum Gasteiger partial charge on any atom is -0.366 e. The van der Waals surface area contributed by atoms with Crippen molar-refractivity contribution < 1.29 is 0 Å². The molecule has 0 spiro atoms. The zero-order valence-electron chi connectivity index (χ0n) is 11.4. The van der Waals surface area contributed by atoms with E-state index < -0.39 is 0 Å². The van der Waals surface area contributed by atoms with Gasteiger partial charge in [0.1, 0.15) is 18.0 Å². The van der Waals surface area contributed by atoms with E-state index in [1.54, 1.807) is 0 Å². The van der Waals surface area contributed by atoms with Crippen LogP contribution in [0.15, 0.2) is 30.6 Å². The second-order valence-corrected chi connectivity index (χ2v) is 4.86. The lowest BCUT2D eigenvalue weighted by Gasteiger charge is -2.13. The van der Waals surface area contributed by atoms with Crippen LogP contribution in [0.2, 0.25) is 5.02 Å². The number of hydrogen-bond donors (Lipinski definition) is 3. The zero-order valence-corrected chi connectivity index (χ0v) is 12.1. The number of nitrogens with one attached hydrogen (secondary N) is 2. The molecule has 0 atom stereocenters. The number of nitrogens with two attached hydrogens (primary N) is 1. The number of aromatic nitrogens is 2. The molecule has 6 heteroatoms. The predicted octanol–water partition coefficient (Wildman–Crippen LogP) is 2.98. The highest BCUT2D eigenvalue weighted by Gasteiger charge is 2.09. The van der Waals surface area contributed by atoms with Crippen molar-refractivity contribution in [2.75, 3.05) is 10.7 Å². The van der Waals surface area contributed by atoms with Crippen molar-refractivity contribution in [2.45, 2.75) is 26.3 Å². The molecule has 0 unspecified atom stereocenters. The molecule has 0 aliphatic heterocycles. The Balaban J connectivity index is 2.14. The van der Waals surface area contributed by atoms with Crippen LogP contribution in [-0.2, 0) is 13.0 Å². The molecule has 20 heavy (non-hydrogen) atoms. The molecule has 2 rings (SSSR count). The van der Waals surface area contributed by atoms with Gasteiger partial charge in [0.2, 0.25) is 0 Å². The lowest BCUT2D eigenvalue weighted by atomic mass is 10.1. The highest BCUT2D eigenvalue weighted by molar-refractivity contribution is 6.30. The van der Waals surface area contributed by atoms with Crippen LogP contribution >= 0.6 is 11.6 Å². The lowest BCUT2D eigenvalue weighted by molar-refractivity contribution is 0.896. The van der Waals surface area contributed by atoms with Crippen LogP contribution in [0.5, 0.6) is 0 Å². The summed E-state index contributed by atoms with van der Waals surface area (Å²) in [7, 11) is 0. The molecule has 2 aromatic rings. The number of nitrogen functional groups attached to an aromatic ring is 1. The predicted molar refractivity (Wildman–Crippen MR) is 82.6 cm³/mol. The van der Waals surface area contributed by atoms with Crippen LogP contribution in [0.4, 0.5) is 11.6 Å². The largest absolute Gasteiger partial charge is 0.366 e. The van der Waals surface area contributed by atoms with E-state index in [0.717, 1.165) is 34.8 Å². The maximum Gasteiger partial charge on any atom is 0.148 e. The zero-order chi connectivity index (χ0) is 14.4. The molecule has 0 radical (unpaired) electrons. The van der Waals surface area contributed by atoms with Gasteiger partial charge in [0.25, 0.3) is 0 Å². The summed E-state index contributed by atoms with van der Waals surface area (Å²) in [6.07, 6.45) is 3.36. The Bertz CT molecular complexity index is 556. The fourth-order valence-electron chi connectivity index (χ4n) is 1.96. The summed E-state index contributed by atoms with van der Waals surface area (Å²) in [5, 5.41) is 4.05. The van der Waals surface area contributed by atoms with Gasteiger partial charge in [-0.1, -0.05) is 37.1 Å². The summed E-state index contributed by atoms with van der Waals surface area (Å²) in [5.41, 5.74) is 4.76. The van der Waals surface area contributed by atoms with Crippen molar-refractivity contribution in [1.82, 2.24) is 9.97 Å². The van der Waals surface area contributed by atoms with Crippen LogP contribution in [0, 0.1) is 0 Å². The maximum atomic E-state index is 5.87. The molecule has 5 nitrogen and oxygen atoms in total. The van der Waals surface area contributed by atoms with E-state index in [1.807, 2.05) is 24.3 Å². The molecule has 0 bridgehead atoms. The van der Waals surface area contributed by atoms with Crippen molar-refractivity contribution in [3.8, 4) is 0 Å². The molecule has 1 heterocycles. The van der Waals surface area contributed by atoms with E-state index in [2.05, 4.69) is 27.6 Å². The smallest absolute Gasteiger partial charge is 0.148 e. The number of hydrogen-bond acceptors (Lipinski definition) is 5. The summed E-state index contributed by atoms with van der Waals surface area (Å²) in [5.74, 6) is 6.97. The molecule has 0 fully saturated rings. The Labute approximate surface area is 123 Å². The van der Waals surface area contributed by atoms with Crippen molar-refractivity contribution in [3.05, 3.63) is 46.7 Å². The maximum absolute atomic E-state index is 5.87. The van der Waals surface area contributed by atoms with Gasteiger partial charge in [-0.3, -0.25) is 0 Å². The van der Waals surface area contributed by atoms with E-state index in [-0.39, 0.29) is 0 Å². The van der Waals surface area contributed by atoms with Gasteiger partial charge < -0.3 is 10.7 Å². The minimum absolute atomic E-state index is 0.667. The van der Waals surface area contributed by atoms with Crippen molar-refractivity contribution in [1.29, 1.82) is 0 Å². The lowest BCUT2D eigenvalue weighted by Crippen LogP contribution is -2.14. The van der Waals surface area contributed by atoms with Crippen LogP contribution in [0.3, 0.4) is 0 Å². The Hall–Kier alpha value is -1.85. The molecule has 0 aliphatic rings. The van der Waals surface area contributed by atoms with Gasteiger partial charge in [-0.25, -0.2) is 15.8 Å². The van der Waals surface area contributed by atoms with Crippen molar-refractivity contribution in [3.63, 3.8) is 0 Å². The SMILES string of the molecule is CCCc1c(NN)ncnc1NCc1ccc(Cl)cc1. The number of hydrazine groups is 1. The Morgan fingerprint density at radius 1 is 1.15 bits per heavy atom. The molecule has 0 saturated carbocycles. The fraction of sp³-hybridized carbons (Fsp3) is 0.286. The highest BCUT2D eigenvalue weighted by atomic mass is 35.5. The van der Waals surface area contributed by atoms with Gasteiger partial charge in [-0.05, 0) is 24.1 Å². The van der Waals surface area contributed by atoms with Gasteiger partial charge in [-0.15, -0.1) is 0 Å². The average Bonchev–Trinajstić information content (AvgIpc) is 2.48. The first kappa shape index (κ1) is 14.6. The van der Waals surface area contributed by atoms with Crippen LogP contribution in [0.25, 0.3) is 0 Å². The number of halogens is 1.